The van der Waals surface area contributed by atoms with E-state index in [2.05, 4.69) is 114 Å². The lowest BCUT2D eigenvalue weighted by molar-refractivity contribution is 0.279. The van der Waals surface area contributed by atoms with Crippen LogP contribution in [0.25, 0.3) is 0 Å². The molecular weight excluding hydrogens is 915 g/mol. The molecule has 12 unspecified atom stereocenters. The first-order chi connectivity index (χ1) is 32.3. The molecule has 0 bridgehead atoms. The smallest absolute Gasteiger partial charge is 0.0521 e. The highest BCUT2D eigenvalue weighted by atomic mass is 32.2. The minimum Gasteiger partial charge on any atom is -0.396 e. The van der Waals surface area contributed by atoms with E-state index in [9.17, 15) is 5.11 Å². The first kappa shape index (κ1) is 64.2. The third kappa shape index (κ3) is 27.3. The minimum atomic E-state index is 0.301. The zero-order valence-electron chi connectivity index (χ0n) is 45.3. The van der Waals surface area contributed by atoms with Gasteiger partial charge in [-0.05, 0) is 175 Å². The fraction of sp³-hybridized carbons (Fsp3) is 0.931. The molecule has 7 N–H and O–H groups in total. The molecule has 0 radical (unpaired) electrons. The van der Waals surface area contributed by atoms with Crippen LogP contribution in [0.4, 0.5) is 0 Å². The van der Waals surface area contributed by atoms with Gasteiger partial charge in [0.2, 0.25) is 0 Å². The van der Waals surface area contributed by atoms with Gasteiger partial charge in [-0.15, -0.1) is 0 Å². The molecule has 67 heavy (non-hydrogen) atoms. The molecule has 2 saturated carbocycles. The van der Waals surface area contributed by atoms with Gasteiger partial charge in [-0.25, -0.2) is 0 Å². The molecule has 0 heterocycles. The molecule has 9 heteroatoms. The van der Waals surface area contributed by atoms with E-state index in [1.54, 1.807) is 0 Å². The Morgan fingerprint density at radius 2 is 0.940 bits per heavy atom. The van der Waals surface area contributed by atoms with E-state index in [4.69, 9.17) is 30.4 Å². The van der Waals surface area contributed by atoms with Crippen molar-refractivity contribution in [1.29, 1.82) is 0 Å². The SMILES string of the molecule is C=C(CCCCCCCCC(=C)C1CCC(CCC(SCCN)C(C)CCC(SCCN)C(C)C)C(SCCN)C1)C1CCC(CCC(SCCC)C(C)CCC(C)C(C)C)C(SCCO)C1. The molecule has 0 aromatic rings. The van der Waals surface area contributed by atoms with Gasteiger partial charge in [0, 0.05) is 68.9 Å². The molecule has 2 fully saturated rings. The molecule has 2 rings (SSSR count). The van der Waals surface area contributed by atoms with Gasteiger partial charge in [-0.1, -0.05) is 112 Å². The number of hydrogen-bond acceptors (Lipinski definition) is 9. The normalized spacial score (nSPS) is 24.1. The molecule has 0 aliphatic heterocycles. The summed E-state index contributed by atoms with van der Waals surface area (Å²) in [4.78, 5) is 0. The van der Waals surface area contributed by atoms with Crippen LogP contribution in [0.5, 0.6) is 0 Å². The predicted molar refractivity (Wildman–Crippen MR) is 317 cm³/mol. The van der Waals surface area contributed by atoms with Crippen molar-refractivity contribution >= 4 is 58.8 Å². The summed E-state index contributed by atoms with van der Waals surface area (Å²) in [5, 5.41) is 13.4. The first-order valence-corrected chi connectivity index (χ1v) is 33.7. The van der Waals surface area contributed by atoms with Crippen molar-refractivity contribution in [3.63, 3.8) is 0 Å². The zero-order valence-corrected chi connectivity index (χ0v) is 49.4. The van der Waals surface area contributed by atoms with Crippen molar-refractivity contribution in [2.24, 2.45) is 70.5 Å². The predicted octanol–water partition coefficient (Wildman–Crippen LogP) is 16.2. The Kier molecular flexibility index (Phi) is 37.9. The van der Waals surface area contributed by atoms with E-state index in [0.717, 1.165) is 88.7 Å². The van der Waals surface area contributed by atoms with E-state index in [-0.39, 0.29) is 0 Å². The van der Waals surface area contributed by atoms with Crippen molar-refractivity contribution in [2.75, 3.05) is 55.0 Å². The number of allylic oxidation sites excluding steroid dienone is 2. The van der Waals surface area contributed by atoms with Gasteiger partial charge < -0.3 is 22.3 Å². The highest BCUT2D eigenvalue weighted by Gasteiger charge is 2.34. The van der Waals surface area contributed by atoms with Crippen molar-refractivity contribution in [2.45, 2.75) is 229 Å². The lowest BCUT2D eigenvalue weighted by atomic mass is 9.75. The maximum atomic E-state index is 9.79. The fourth-order valence-electron chi connectivity index (χ4n) is 11.2. The summed E-state index contributed by atoms with van der Waals surface area (Å²) >= 11 is 10.7. The Bertz CT molecular complexity index is 1220. The monoisotopic (exact) mass is 1030 g/mol. The fourth-order valence-corrected chi connectivity index (χ4v) is 17.5. The summed E-state index contributed by atoms with van der Waals surface area (Å²) in [6, 6.07) is 0. The van der Waals surface area contributed by atoms with Crippen LogP contribution >= 0.6 is 58.8 Å². The Labute approximate surface area is 440 Å². The molecule has 0 saturated heterocycles. The van der Waals surface area contributed by atoms with Gasteiger partial charge in [0.05, 0.1) is 6.61 Å². The average Bonchev–Trinajstić information content (AvgIpc) is 3.32. The van der Waals surface area contributed by atoms with Crippen LogP contribution in [-0.4, -0.2) is 86.4 Å². The number of thioether (sulfide) groups is 5. The van der Waals surface area contributed by atoms with Gasteiger partial charge in [0.1, 0.15) is 0 Å². The molecular formula is C58H113N3OS5. The van der Waals surface area contributed by atoms with Crippen molar-refractivity contribution in [1.82, 2.24) is 0 Å². The van der Waals surface area contributed by atoms with Crippen LogP contribution < -0.4 is 17.2 Å². The molecule has 0 amide bonds. The number of hydrogen-bond donors (Lipinski definition) is 4. The van der Waals surface area contributed by atoms with Gasteiger partial charge in [-0.3, -0.25) is 0 Å². The average molecular weight is 1030 g/mol. The summed E-state index contributed by atoms with van der Waals surface area (Å²) in [7, 11) is 0. The van der Waals surface area contributed by atoms with E-state index in [1.165, 1.54) is 165 Å². The van der Waals surface area contributed by atoms with Crippen LogP contribution in [0.3, 0.4) is 0 Å². The van der Waals surface area contributed by atoms with E-state index in [0.29, 0.717) is 40.1 Å². The number of unbranched alkanes of at least 4 members (excludes halogenated alkanes) is 5. The first-order valence-electron chi connectivity index (χ1n) is 28.4. The van der Waals surface area contributed by atoms with E-state index in [1.807, 2.05) is 0 Å². The second kappa shape index (κ2) is 39.5. The Morgan fingerprint density at radius 1 is 0.507 bits per heavy atom. The van der Waals surface area contributed by atoms with Gasteiger partial charge >= 0.3 is 0 Å². The summed E-state index contributed by atoms with van der Waals surface area (Å²) < 4.78 is 0. The van der Waals surface area contributed by atoms with E-state index < -0.39 is 0 Å². The molecule has 2 aliphatic rings. The second-order valence-electron chi connectivity index (χ2n) is 22.3. The third-order valence-corrected chi connectivity index (χ3v) is 24.3. The molecule has 2 aliphatic carbocycles. The lowest BCUT2D eigenvalue weighted by Gasteiger charge is -2.38. The molecule has 0 aromatic heterocycles. The lowest BCUT2D eigenvalue weighted by Crippen LogP contribution is -2.30. The highest BCUT2D eigenvalue weighted by molar-refractivity contribution is 8.00. The molecule has 4 nitrogen and oxygen atoms in total. The van der Waals surface area contributed by atoms with Crippen molar-refractivity contribution in [3.8, 4) is 0 Å². The summed E-state index contributed by atoms with van der Waals surface area (Å²) in [6.45, 7) is 31.4. The summed E-state index contributed by atoms with van der Waals surface area (Å²) in [5.41, 5.74) is 21.1. The van der Waals surface area contributed by atoms with Crippen LogP contribution in [0.1, 0.15) is 203 Å². The molecule has 396 valence electrons. The van der Waals surface area contributed by atoms with Crippen LogP contribution in [0.15, 0.2) is 24.3 Å². The standard InChI is InChI=1S/C58H113N3OS5/c1-11-36-63-55(48(9)21-20-45(6)43(2)3)30-27-51-24-26-53(42-58(51)67-40-35-62)47(8)19-17-15-13-12-14-16-18-46(7)52-25-23-50(57(41-52)66-39-34-61)28-31-56(65-38-33-60)49(10)22-29-54(44(4)5)64-37-32-59/h43-45,48-58,62H,7-8,11-42,59-61H2,1-6,9-10H3. The van der Waals surface area contributed by atoms with Gasteiger partial charge in [-0.2, -0.15) is 58.8 Å². The Hall–Kier alpha value is 1.07. The summed E-state index contributed by atoms with van der Waals surface area (Å²) in [6.07, 6.45) is 30.4. The van der Waals surface area contributed by atoms with E-state index >= 15 is 0 Å². The van der Waals surface area contributed by atoms with Gasteiger partial charge in [0.15, 0.2) is 0 Å². The Balaban J connectivity index is 1.75. The Morgan fingerprint density at radius 3 is 1.39 bits per heavy atom. The van der Waals surface area contributed by atoms with Crippen LogP contribution in [0.2, 0.25) is 0 Å². The van der Waals surface area contributed by atoms with Crippen molar-refractivity contribution < 1.29 is 5.11 Å². The topological polar surface area (TPSA) is 98.3 Å². The molecule has 0 spiro atoms. The largest absolute Gasteiger partial charge is 0.396 e. The zero-order chi connectivity index (χ0) is 49.4. The van der Waals surface area contributed by atoms with Crippen LogP contribution in [0, 0.1) is 53.3 Å². The minimum absolute atomic E-state index is 0.301. The molecule has 12 atom stereocenters. The van der Waals surface area contributed by atoms with Gasteiger partial charge in [0.25, 0.3) is 0 Å². The maximum absolute atomic E-state index is 9.79. The molecule has 0 aromatic carbocycles. The number of nitrogens with two attached hydrogens (primary N) is 3. The number of rotatable bonds is 42. The van der Waals surface area contributed by atoms with Crippen LogP contribution in [-0.2, 0) is 0 Å². The third-order valence-electron chi connectivity index (χ3n) is 16.3. The number of aliphatic hydroxyl groups is 1. The number of aliphatic hydroxyl groups excluding tert-OH is 1. The maximum Gasteiger partial charge on any atom is 0.0521 e. The highest BCUT2D eigenvalue weighted by Crippen LogP contribution is 2.45. The van der Waals surface area contributed by atoms with Crippen molar-refractivity contribution in [3.05, 3.63) is 24.3 Å². The quantitative estimate of drug-likeness (QED) is 0.0352. The summed E-state index contributed by atoms with van der Waals surface area (Å²) in [5.74, 6) is 12.2. The second-order valence-corrected chi connectivity index (χ2v) is 29.1.